The summed E-state index contributed by atoms with van der Waals surface area (Å²) in [5.41, 5.74) is 0.786. The van der Waals surface area contributed by atoms with Crippen molar-refractivity contribution in [2.45, 2.75) is 78.2 Å². The highest BCUT2D eigenvalue weighted by atomic mass is 16.5. The number of rotatable bonds is 12. The van der Waals surface area contributed by atoms with Crippen molar-refractivity contribution in [3.05, 3.63) is 23.8 Å². The van der Waals surface area contributed by atoms with E-state index in [1.807, 2.05) is 12.1 Å². The van der Waals surface area contributed by atoms with Crippen LogP contribution in [0.1, 0.15) is 77.7 Å². The zero-order chi connectivity index (χ0) is 20.9. The second-order valence-electron chi connectivity index (χ2n) is 7.39. The highest BCUT2D eigenvalue weighted by Crippen LogP contribution is 2.41. The molecule has 0 amide bonds. The molecular formula is C24H36O5. The molecule has 0 saturated heterocycles. The first kappa shape index (κ1) is 23.1. The Hall–Kier alpha value is -2.17. The van der Waals surface area contributed by atoms with Crippen LogP contribution in [-0.2, 0) is 9.53 Å². The molecule has 1 fully saturated rings. The molecule has 0 aromatic heterocycles. The fraction of sp³-hybridized carbons (Fsp3) is 0.625. The van der Waals surface area contributed by atoms with Crippen LogP contribution in [0.2, 0.25) is 0 Å². The van der Waals surface area contributed by atoms with Crippen LogP contribution in [-0.4, -0.2) is 31.9 Å². The Morgan fingerprint density at radius 3 is 2.17 bits per heavy atom. The van der Waals surface area contributed by atoms with E-state index in [1.54, 1.807) is 6.08 Å². The summed E-state index contributed by atoms with van der Waals surface area (Å²) in [5, 5.41) is 0. The van der Waals surface area contributed by atoms with E-state index in [4.69, 9.17) is 18.9 Å². The molecule has 0 aliphatic heterocycles. The molecular weight excluding hydrogens is 368 g/mol. The van der Waals surface area contributed by atoms with E-state index < -0.39 is 0 Å². The first-order chi connectivity index (χ1) is 14.2. The Labute approximate surface area is 175 Å². The van der Waals surface area contributed by atoms with Gasteiger partial charge in [0.15, 0.2) is 11.5 Å². The van der Waals surface area contributed by atoms with Gasteiger partial charge < -0.3 is 18.9 Å². The van der Waals surface area contributed by atoms with E-state index in [9.17, 15) is 4.79 Å². The fourth-order valence-corrected chi connectivity index (χ4v) is 3.25. The maximum absolute atomic E-state index is 12.3. The maximum atomic E-state index is 12.3. The van der Waals surface area contributed by atoms with Crippen LogP contribution in [0.15, 0.2) is 18.2 Å². The molecule has 1 aromatic carbocycles. The standard InChI is InChI=1S/C24H36O5/c1-4-16-26-21-14-12-19(23(27-17-5-2)24(21)28-18-6-3)13-15-22(25)29-20-10-8-7-9-11-20/h12-15,20H,4-11,16-18H2,1-3H3. The van der Waals surface area contributed by atoms with Crippen molar-refractivity contribution in [3.63, 3.8) is 0 Å². The molecule has 0 spiro atoms. The van der Waals surface area contributed by atoms with Gasteiger partial charge >= 0.3 is 5.97 Å². The maximum Gasteiger partial charge on any atom is 0.331 e. The first-order valence-electron chi connectivity index (χ1n) is 11.1. The van der Waals surface area contributed by atoms with Crippen LogP contribution in [0.5, 0.6) is 17.2 Å². The lowest BCUT2D eigenvalue weighted by atomic mass is 9.98. The molecule has 0 radical (unpaired) electrons. The summed E-state index contributed by atoms with van der Waals surface area (Å²) in [6.07, 6.45) is 11.4. The van der Waals surface area contributed by atoms with Crippen LogP contribution >= 0.6 is 0 Å². The third-order valence-electron chi connectivity index (χ3n) is 4.70. The van der Waals surface area contributed by atoms with E-state index in [1.165, 1.54) is 12.5 Å². The number of carbonyl (C=O) groups excluding carboxylic acids is 1. The minimum absolute atomic E-state index is 0.0463. The van der Waals surface area contributed by atoms with E-state index in [0.717, 1.165) is 50.5 Å². The van der Waals surface area contributed by atoms with E-state index in [0.29, 0.717) is 37.1 Å². The SMILES string of the molecule is CCCOc1ccc(C=CC(=O)OC2CCCCC2)c(OCCC)c1OCCC. The predicted molar refractivity (Wildman–Crippen MR) is 116 cm³/mol. The molecule has 0 atom stereocenters. The Balaban J connectivity index is 2.21. The van der Waals surface area contributed by atoms with Crippen LogP contribution in [0, 0.1) is 0 Å². The van der Waals surface area contributed by atoms with Gasteiger partial charge in [0, 0.05) is 11.6 Å². The molecule has 1 aliphatic rings. The van der Waals surface area contributed by atoms with Gasteiger partial charge in [0.1, 0.15) is 6.10 Å². The van der Waals surface area contributed by atoms with Gasteiger partial charge in [0.2, 0.25) is 5.75 Å². The number of ether oxygens (including phenoxy) is 4. The average Bonchev–Trinajstić information content (AvgIpc) is 2.74. The minimum Gasteiger partial charge on any atom is -0.490 e. The van der Waals surface area contributed by atoms with E-state index in [-0.39, 0.29) is 12.1 Å². The lowest BCUT2D eigenvalue weighted by Gasteiger charge is -2.21. The summed E-state index contributed by atoms with van der Waals surface area (Å²) in [6, 6.07) is 3.78. The van der Waals surface area contributed by atoms with Crippen molar-refractivity contribution in [3.8, 4) is 17.2 Å². The molecule has 2 rings (SSSR count). The number of hydrogen-bond donors (Lipinski definition) is 0. The average molecular weight is 405 g/mol. The number of carbonyl (C=O) groups is 1. The van der Waals surface area contributed by atoms with Crippen LogP contribution in [0.3, 0.4) is 0 Å². The molecule has 1 aromatic rings. The highest BCUT2D eigenvalue weighted by Gasteiger charge is 2.18. The molecule has 0 unspecified atom stereocenters. The third kappa shape index (κ3) is 7.64. The molecule has 5 heteroatoms. The van der Waals surface area contributed by atoms with Gasteiger partial charge in [-0.2, -0.15) is 0 Å². The molecule has 5 nitrogen and oxygen atoms in total. The van der Waals surface area contributed by atoms with Crippen molar-refractivity contribution in [1.82, 2.24) is 0 Å². The van der Waals surface area contributed by atoms with Gasteiger partial charge in [-0.3, -0.25) is 0 Å². The summed E-state index contributed by atoms with van der Waals surface area (Å²) in [7, 11) is 0. The predicted octanol–water partition coefficient (Wildman–Crippen LogP) is 5.94. The molecule has 1 saturated carbocycles. The lowest BCUT2D eigenvalue weighted by Crippen LogP contribution is -2.19. The largest absolute Gasteiger partial charge is 0.490 e. The van der Waals surface area contributed by atoms with Gasteiger partial charge in [-0.15, -0.1) is 0 Å². The first-order valence-corrected chi connectivity index (χ1v) is 11.1. The highest BCUT2D eigenvalue weighted by molar-refractivity contribution is 5.88. The van der Waals surface area contributed by atoms with E-state index in [2.05, 4.69) is 20.8 Å². The van der Waals surface area contributed by atoms with Gasteiger partial charge in [0.25, 0.3) is 0 Å². The fourth-order valence-electron chi connectivity index (χ4n) is 3.25. The summed E-state index contributed by atoms with van der Waals surface area (Å²) in [4.78, 5) is 12.3. The number of esters is 1. The Morgan fingerprint density at radius 1 is 0.897 bits per heavy atom. The topological polar surface area (TPSA) is 54.0 Å². The zero-order valence-electron chi connectivity index (χ0n) is 18.2. The third-order valence-corrected chi connectivity index (χ3v) is 4.70. The van der Waals surface area contributed by atoms with Gasteiger partial charge in [-0.1, -0.05) is 27.2 Å². The number of benzene rings is 1. The monoisotopic (exact) mass is 404 g/mol. The molecule has 1 aliphatic carbocycles. The summed E-state index contributed by atoms with van der Waals surface area (Å²) < 4.78 is 23.4. The summed E-state index contributed by atoms with van der Waals surface area (Å²) in [5.74, 6) is 1.60. The second-order valence-corrected chi connectivity index (χ2v) is 7.39. The molecule has 0 heterocycles. The van der Waals surface area contributed by atoms with Crippen molar-refractivity contribution < 1.29 is 23.7 Å². The minimum atomic E-state index is -0.305. The molecule has 0 bridgehead atoms. The normalized spacial score (nSPS) is 14.7. The van der Waals surface area contributed by atoms with Crippen molar-refractivity contribution in [1.29, 1.82) is 0 Å². The summed E-state index contributed by atoms with van der Waals surface area (Å²) in [6.45, 7) is 7.93. The smallest absolute Gasteiger partial charge is 0.331 e. The Kier molecular flexibility index (Phi) is 10.5. The van der Waals surface area contributed by atoms with E-state index >= 15 is 0 Å². The molecule has 29 heavy (non-hydrogen) atoms. The molecule has 162 valence electrons. The van der Waals surface area contributed by atoms with Crippen LogP contribution in [0.4, 0.5) is 0 Å². The lowest BCUT2D eigenvalue weighted by molar-refractivity contribution is -0.144. The second kappa shape index (κ2) is 13.1. The zero-order valence-corrected chi connectivity index (χ0v) is 18.2. The van der Waals surface area contributed by atoms with Gasteiger partial charge in [-0.05, 0) is 63.2 Å². The van der Waals surface area contributed by atoms with Crippen LogP contribution < -0.4 is 14.2 Å². The number of hydrogen-bond acceptors (Lipinski definition) is 5. The van der Waals surface area contributed by atoms with Gasteiger partial charge in [-0.25, -0.2) is 4.79 Å². The van der Waals surface area contributed by atoms with Crippen LogP contribution in [0.25, 0.3) is 6.08 Å². The summed E-state index contributed by atoms with van der Waals surface area (Å²) >= 11 is 0. The molecule has 0 N–H and O–H groups in total. The Bertz CT molecular complexity index is 647. The van der Waals surface area contributed by atoms with Crippen molar-refractivity contribution >= 4 is 12.0 Å². The quantitative estimate of drug-likeness (QED) is 0.319. The Morgan fingerprint density at radius 2 is 1.52 bits per heavy atom. The van der Waals surface area contributed by atoms with Crippen molar-refractivity contribution in [2.75, 3.05) is 19.8 Å². The van der Waals surface area contributed by atoms with Gasteiger partial charge in [0.05, 0.1) is 19.8 Å². The van der Waals surface area contributed by atoms with Crippen molar-refractivity contribution in [2.24, 2.45) is 0 Å².